The normalized spacial score (nSPS) is 21.7. The van der Waals surface area contributed by atoms with Crippen molar-refractivity contribution in [3.63, 3.8) is 0 Å². The summed E-state index contributed by atoms with van der Waals surface area (Å²) in [6, 6.07) is 5.41. The highest BCUT2D eigenvalue weighted by atomic mass is 16.1. The number of hydrogen-bond acceptors (Lipinski definition) is 3. The van der Waals surface area contributed by atoms with Crippen LogP contribution in [0.15, 0.2) is 18.2 Å². The summed E-state index contributed by atoms with van der Waals surface area (Å²) in [6.45, 7) is 3.20. The molecule has 4 nitrogen and oxygen atoms in total. The Bertz CT molecular complexity index is 525. The van der Waals surface area contributed by atoms with Gasteiger partial charge in [0.15, 0.2) is 0 Å². The second-order valence-electron chi connectivity index (χ2n) is 6.76. The first kappa shape index (κ1) is 14.4. The van der Waals surface area contributed by atoms with Gasteiger partial charge < -0.3 is 11.5 Å². The first-order valence-electron chi connectivity index (χ1n) is 7.99. The molecule has 1 heterocycles. The molecule has 0 atom stereocenters. The predicted molar refractivity (Wildman–Crippen MR) is 84.8 cm³/mol. The van der Waals surface area contributed by atoms with Crippen molar-refractivity contribution < 1.29 is 4.79 Å². The van der Waals surface area contributed by atoms with E-state index < -0.39 is 5.91 Å². The van der Waals surface area contributed by atoms with Gasteiger partial charge in [-0.05, 0) is 61.9 Å². The number of carbonyl (C=O) groups excluding carboxylic acids is 1. The van der Waals surface area contributed by atoms with Crippen LogP contribution in [0.5, 0.6) is 0 Å². The zero-order valence-corrected chi connectivity index (χ0v) is 12.6. The summed E-state index contributed by atoms with van der Waals surface area (Å²) in [5.41, 5.74) is 14.2. The maximum Gasteiger partial charge on any atom is 0.248 e. The molecule has 1 saturated heterocycles. The molecule has 21 heavy (non-hydrogen) atoms. The first-order chi connectivity index (χ1) is 10.1. The topological polar surface area (TPSA) is 72.4 Å². The summed E-state index contributed by atoms with van der Waals surface area (Å²) in [7, 11) is 0. The monoisotopic (exact) mass is 287 g/mol. The second-order valence-corrected chi connectivity index (χ2v) is 6.76. The van der Waals surface area contributed by atoms with E-state index in [1.807, 2.05) is 6.07 Å². The molecule has 0 radical (unpaired) electrons. The average molecular weight is 287 g/mol. The molecule has 4 N–H and O–H groups in total. The minimum absolute atomic E-state index is 0.422. The van der Waals surface area contributed by atoms with Gasteiger partial charge in [-0.1, -0.05) is 18.9 Å². The molecule has 0 bridgehead atoms. The Morgan fingerprint density at radius 3 is 2.38 bits per heavy atom. The van der Waals surface area contributed by atoms with Gasteiger partial charge in [0.05, 0.1) is 0 Å². The fourth-order valence-electron chi connectivity index (χ4n) is 3.94. The number of amides is 1. The Kier molecular flexibility index (Phi) is 3.89. The van der Waals surface area contributed by atoms with E-state index in [1.165, 1.54) is 38.5 Å². The summed E-state index contributed by atoms with van der Waals surface area (Å²) in [5, 5.41) is 0. The third-order valence-corrected chi connectivity index (χ3v) is 5.41. The van der Waals surface area contributed by atoms with E-state index in [-0.39, 0.29) is 0 Å². The van der Waals surface area contributed by atoms with Crippen LogP contribution in [0.2, 0.25) is 0 Å². The Hall–Kier alpha value is -1.55. The zero-order chi connectivity index (χ0) is 14.9. The summed E-state index contributed by atoms with van der Waals surface area (Å²) >= 11 is 0. The Morgan fingerprint density at radius 1 is 1.14 bits per heavy atom. The maximum absolute atomic E-state index is 11.2. The van der Waals surface area contributed by atoms with E-state index in [4.69, 9.17) is 11.5 Å². The quantitative estimate of drug-likeness (QED) is 0.839. The van der Waals surface area contributed by atoms with Crippen LogP contribution in [-0.2, 0) is 6.54 Å². The molecule has 1 saturated carbocycles. The molecule has 1 aliphatic carbocycles. The molecule has 1 amide bonds. The molecule has 3 rings (SSSR count). The number of rotatable bonds is 3. The fraction of sp³-hybridized carbons (Fsp3) is 0.588. The van der Waals surface area contributed by atoms with Crippen molar-refractivity contribution in [1.29, 1.82) is 0 Å². The van der Waals surface area contributed by atoms with E-state index in [0.717, 1.165) is 25.2 Å². The number of nitrogens with zero attached hydrogens (tertiary/aromatic N) is 1. The number of hydrogen-bond donors (Lipinski definition) is 2. The predicted octanol–water partition coefficient (Wildman–Crippen LogP) is 2.52. The smallest absolute Gasteiger partial charge is 0.248 e. The molecule has 2 fully saturated rings. The molecular weight excluding hydrogens is 262 g/mol. The minimum Gasteiger partial charge on any atom is -0.398 e. The highest BCUT2D eigenvalue weighted by Gasteiger charge is 2.36. The molecule has 1 aromatic rings. The summed E-state index contributed by atoms with van der Waals surface area (Å²) < 4.78 is 0. The van der Waals surface area contributed by atoms with Crippen molar-refractivity contribution in [2.45, 2.75) is 45.1 Å². The van der Waals surface area contributed by atoms with E-state index in [1.54, 1.807) is 12.1 Å². The van der Waals surface area contributed by atoms with Gasteiger partial charge >= 0.3 is 0 Å². The number of nitrogens with two attached hydrogens (primary N) is 2. The van der Waals surface area contributed by atoms with E-state index >= 15 is 0 Å². The second kappa shape index (κ2) is 5.68. The third kappa shape index (κ3) is 3.05. The van der Waals surface area contributed by atoms with Gasteiger partial charge in [0, 0.05) is 17.8 Å². The number of nitrogen functional groups attached to an aromatic ring is 1. The van der Waals surface area contributed by atoms with Gasteiger partial charge in [0.2, 0.25) is 5.91 Å². The van der Waals surface area contributed by atoms with Crippen molar-refractivity contribution in [3.05, 3.63) is 29.3 Å². The molecule has 114 valence electrons. The van der Waals surface area contributed by atoms with E-state index in [2.05, 4.69) is 4.90 Å². The lowest BCUT2D eigenvalue weighted by atomic mass is 9.77. The van der Waals surface area contributed by atoms with Crippen LogP contribution < -0.4 is 11.5 Å². The Labute approximate surface area is 126 Å². The molecule has 0 aromatic heterocycles. The van der Waals surface area contributed by atoms with Crippen LogP contribution in [0.1, 0.15) is 54.4 Å². The first-order valence-corrected chi connectivity index (χ1v) is 7.99. The van der Waals surface area contributed by atoms with Crippen molar-refractivity contribution in [2.24, 2.45) is 11.1 Å². The van der Waals surface area contributed by atoms with Gasteiger partial charge in [-0.15, -0.1) is 0 Å². The van der Waals surface area contributed by atoms with E-state index in [0.29, 0.717) is 16.7 Å². The van der Waals surface area contributed by atoms with Gasteiger partial charge in [-0.25, -0.2) is 0 Å². The van der Waals surface area contributed by atoms with Crippen molar-refractivity contribution in [1.82, 2.24) is 4.90 Å². The number of carbonyl (C=O) groups is 1. The number of likely N-dealkylation sites (tertiary alicyclic amines) is 1. The van der Waals surface area contributed by atoms with Gasteiger partial charge in [-0.2, -0.15) is 0 Å². The van der Waals surface area contributed by atoms with Gasteiger partial charge in [0.1, 0.15) is 0 Å². The number of piperidine rings is 1. The lowest BCUT2D eigenvalue weighted by molar-refractivity contribution is 0.0999. The number of benzene rings is 1. The standard InChI is InChI=1S/C17H25N3O/c18-15-11-13(16(19)21)3-4-14(15)12-20-9-7-17(8-10-20)5-1-2-6-17/h3-4,11H,1-2,5-10,12,18H2,(H2,19,21). The molecular formula is C17H25N3O. The van der Waals surface area contributed by atoms with Crippen LogP contribution in [0.4, 0.5) is 5.69 Å². The highest BCUT2D eigenvalue weighted by molar-refractivity contribution is 5.93. The highest BCUT2D eigenvalue weighted by Crippen LogP contribution is 2.46. The van der Waals surface area contributed by atoms with Crippen LogP contribution in [0.3, 0.4) is 0 Å². The van der Waals surface area contributed by atoms with Crippen LogP contribution in [0.25, 0.3) is 0 Å². The van der Waals surface area contributed by atoms with E-state index in [9.17, 15) is 4.79 Å². The third-order valence-electron chi connectivity index (χ3n) is 5.41. The molecule has 1 spiro atoms. The van der Waals surface area contributed by atoms with Gasteiger partial charge in [-0.3, -0.25) is 9.69 Å². The van der Waals surface area contributed by atoms with Crippen molar-refractivity contribution in [2.75, 3.05) is 18.8 Å². The molecule has 4 heteroatoms. The van der Waals surface area contributed by atoms with Crippen LogP contribution in [0, 0.1) is 5.41 Å². The molecule has 2 aliphatic rings. The van der Waals surface area contributed by atoms with Crippen molar-refractivity contribution in [3.8, 4) is 0 Å². The lowest BCUT2D eigenvalue weighted by Gasteiger charge is -2.39. The summed E-state index contributed by atoms with van der Waals surface area (Å²) in [5.74, 6) is -0.422. The number of primary amides is 1. The van der Waals surface area contributed by atoms with Crippen molar-refractivity contribution >= 4 is 11.6 Å². The van der Waals surface area contributed by atoms with Crippen LogP contribution in [-0.4, -0.2) is 23.9 Å². The average Bonchev–Trinajstić information content (AvgIpc) is 2.92. The van der Waals surface area contributed by atoms with Crippen LogP contribution >= 0.6 is 0 Å². The Balaban J connectivity index is 1.61. The fourth-order valence-corrected chi connectivity index (χ4v) is 3.94. The zero-order valence-electron chi connectivity index (χ0n) is 12.6. The summed E-state index contributed by atoms with van der Waals surface area (Å²) in [6.07, 6.45) is 8.34. The lowest BCUT2D eigenvalue weighted by Crippen LogP contribution is -2.38. The van der Waals surface area contributed by atoms with Gasteiger partial charge in [0.25, 0.3) is 0 Å². The Morgan fingerprint density at radius 2 is 1.81 bits per heavy atom. The molecule has 1 aromatic carbocycles. The minimum atomic E-state index is -0.422. The maximum atomic E-state index is 11.2. The number of anilines is 1. The SMILES string of the molecule is NC(=O)c1ccc(CN2CCC3(CCCC3)CC2)c(N)c1. The summed E-state index contributed by atoms with van der Waals surface area (Å²) in [4.78, 5) is 13.6. The largest absolute Gasteiger partial charge is 0.398 e. The molecule has 1 aliphatic heterocycles. The molecule has 0 unspecified atom stereocenters.